The minimum Gasteiger partial charge on any atom is -0.491 e. The second kappa shape index (κ2) is 17.0. The third-order valence-electron chi connectivity index (χ3n) is 6.82. The van der Waals surface area contributed by atoms with E-state index >= 15 is 0 Å². The standard InChI is InChI=1S/C36H37N3O7/c1-25(41)26-19-21-27(22-20-26)38-36(43)46-35(29-13-5-8-16-32(29)44-24-23-40)33(45-28-11-3-2-4-12-28)17-9-10-18-34(42)39-31-15-7-6-14-30(31)37/h2-8,10-16,18-22,33,35,40H,9,17,23-24,37H2,1H3,(H,38,43)(H,39,42)/b18-10+/t33-,35-/m1/s1. The number of para-hydroxylation sites is 4. The summed E-state index contributed by atoms with van der Waals surface area (Å²) in [6.07, 6.45) is 1.39. The highest BCUT2D eigenvalue weighted by Crippen LogP contribution is 2.35. The van der Waals surface area contributed by atoms with Crippen LogP contribution in [0.5, 0.6) is 11.5 Å². The monoisotopic (exact) mass is 623 g/mol. The van der Waals surface area contributed by atoms with Crippen LogP contribution in [0.15, 0.2) is 115 Å². The van der Waals surface area contributed by atoms with E-state index < -0.39 is 18.3 Å². The van der Waals surface area contributed by atoms with E-state index in [-0.39, 0.29) is 24.9 Å². The van der Waals surface area contributed by atoms with Gasteiger partial charge in [0, 0.05) is 16.8 Å². The van der Waals surface area contributed by atoms with Crippen molar-refractivity contribution < 1.29 is 33.7 Å². The maximum atomic E-state index is 13.3. The molecule has 0 heterocycles. The molecule has 0 unspecified atom stereocenters. The fraction of sp³-hybridized carbons (Fsp3) is 0.194. The van der Waals surface area contributed by atoms with Crippen molar-refractivity contribution >= 4 is 34.8 Å². The number of hydrogen-bond donors (Lipinski definition) is 4. The van der Waals surface area contributed by atoms with E-state index in [0.717, 1.165) is 0 Å². The molecule has 10 heteroatoms. The molecule has 0 aliphatic heterocycles. The Kier molecular flexibility index (Phi) is 12.3. The number of carbonyl (C=O) groups is 3. The predicted octanol–water partition coefficient (Wildman–Crippen LogP) is 6.56. The molecule has 0 aliphatic rings. The van der Waals surface area contributed by atoms with Gasteiger partial charge in [-0.2, -0.15) is 0 Å². The van der Waals surface area contributed by atoms with Gasteiger partial charge in [0.05, 0.1) is 18.0 Å². The molecule has 4 aromatic rings. The minimum atomic E-state index is -0.974. The SMILES string of the molecule is CC(=O)c1ccc(NC(=O)O[C@H](c2ccccc2OCCO)[C@@H](CC/C=C/C(=O)Nc2ccccc2N)Oc2ccccc2)cc1. The molecule has 46 heavy (non-hydrogen) atoms. The van der Waals surface area contributed by atoms with Gasteiger partial charge < -0.3 is 30.4 Å². The Morgan fingerprint density at radius 1 is 0.870 bits per heavy atom. The zero-order chi connectivity index (χ0) is 32.7. The summed E-state index contributed by atoms with van der Waals surface area (Å²) in [5, 5.41) is 14.9. The number of allylic oxidation sites excluding steroid dienone is 1. The summed E-state index contributed by atoms with van der Waals surface area (Å²) < 4.78 is 18.2. The third-order valence-corrected chi connectivity index (χ3v) is 6.82. The predicted molar refractivity (Wildman–Crippen MR) is 177 cm³/mol. The molecule has 0 aliphatic carbocycles. The van der Waals surface area contributed by atoms with Gasteiger partial charge in [0.25, 0.3) is 0 Å². The van der Waals surface area contributed by atoms with Crippen molar-refractivity contribution in [3.8, 4) is 11.5 Å². The quantitative estimate of drug-likeness (QED) is 0.0661. The Morgan fingerprint density at radius 3 is 2.28 bits per heavy atom. The van der Waals surface area contributed by atoms with Crippen molar-refractivity contribution in [1.82, 2.24) is 0 Å². The molecule has 0 bridgehead atoms. The number of anilines is 3. The third kappa shape index (κ3) is 9.96. The van der Waals surface area contributed by atoms with E-state index in [1.807, 2.05) is 18.2 Å². The fourth-order valence-corrected chi connectivity index (χ4v) is 4.58. The van der Waals surface area contributed by atoms with Gasteiger partial charge in [-0.15, -0.1) is 0 Å². The highest BCUT2D eigenvalue weighted by Gasteiger charge is 2.31. The van der Waals surface area contributed by atoms with Gasteiger partial charge in [0.15, 0.2) is 11.9 Å². The zero-order valence-electron chi connectivity index (χ0n) is 25.4. The maximum Gasteiger partial charge on any atom is 0.412 e. The van der Waals surface area contributed by atoms with Crippen LogP contribution in [0.3, 0.4) is 0 Å². The van der Waals surface area contributed by atoms with E-state index in [1.54, 1.807) is 91.0 Å². The number of hydrogen-bond acceptors (Lipinski definition) is 8. The lowest BCUT2D eigenvalue weighted by Gasteiger charge is -2.29. The van der Waals surface area contributed by atoms with Gasteiger partial charge in [-0.1, -0.05) is 54.6 Å². The van der Waals surface area contributed by atoms with Gasteiger partial charge >= 0.3 is 6.09 Å². The first-order valence-corrected chi connectivity index (χ1v) is 14.8. The van der Waals surface area contributed by atoms with Crippen molar-refractivity contribution in [1.29, 1.82) is 0 Å². The summed E-state index contributed by atoms with van der Waals surface area (Å²) in [6, 6.07) is 29.6. The summed E-state index contributed by atoms with van der Waals surface area (Å²) in [5.41, 5.74) is 8.38. The van der Waals surface area contributed by atoms with Gasteiger partial charge in [0.1, 0.15) is 24.2 Å². The number of nitrogens with two attached hydrogens (primary N) is 1. The molecule has 0 saturated heterocycles. The molecule has 0 saturated carbocycles. The molecule has 0 fully saturated rings. The number of ether oxygens (including phenoxy) is 3. The number of nitrogens with one attached hydrogen (secondary N) is 2. The Balaban J connectivity index is 1.59. The number of rotatable bonds is 15. The number of Topliss-reactive ketones (excluding diaryl/α,β-unsaturated/α-hetero) is 1. The lowest BCUT2D eigenvalue weighted by atomic mass is 9.99. The lowest BCUT2D eigenvalue weighted by Crippen LogP contribution is -2.31. The molecule has 0 radical (unpaired) electrons. The van der Waals surface area contributed by atoms with Crippen LogP contribution in [0.4, 0.5) is 21.9 Å². The second-order valence-corrected chi connectivity index (χ2v) is 10.2. The largest absolute Gasteiger partial charge is 0.491 e. The Morgan fingerprint density at radius 2 is 1.57 bits per heavy atom. The number of ketones is 1. The van der Waals surface area contributed by atoms with E-state index in [9.17, 15) is 19.5 Å². The van der Waals surface area contributed by atoms with E-state index in [4.69, 9.17) is 19.9 Å². The highest BCUT2D eigenvalue weighted by molar-refractivity contribution is 6.01. The molecule has 4 aromatic carbocycles. The molecular weight excluding hydrogens is 586 g/mol. The number of carbonyl (C=O) groups excluding carboxylic acids is 3. The molecule has 0 spiro atoms. The van der Waals surface area contributed by atoms with Crippen LogP contribution in [0.25, 0.3) is 0 Å². The van der Waals surface area contributed by atoms with Gasteiger partial charge in [-0.05, 0) is 80.4 Å². The average molecular weight is 624 g/mol. The van der Waals surface area contributed by atoms with Crippen LogP contribution < -0.4 is 25.8 Å². The van der Waals surface area contributed by atoms with Crippen LogP contribution in [0, 0.1) is 0 Å². The van der Waals surface area contributed by atoms with Gasteiger partial charge in [-0.25, -0.2) is 4.79 Å². The summed E-state index contributed by atoms with van der Waals surface area (Å²) >= 11 is 0. The summed E-state index contributed by atoms with van der Waals surface area (Å²) in [7, 11) is 0. The van der Waals surface area contributed by atoms with Crippen molar-refractivity contribution in [2.75, 3.05) is 29.6 Å². The van der Waals surface area contributed by atoms with Gasteiger partial charge in [-0.3, -0.25) is 14.9 Å². The van der Waals surface area contributed by atoms with Gasteiger partial charge in [0.2, 0.25) is 5.91 Å². The summed E-state index contributed by atoms with van der Waals surface area (Å²) in [6.45, 7) is 1.29. The number of benzene rings is 4. The van der Waals surface area contributed by atoms with Crippen molar-refractivity contribution in [2.45, 2.75) is 32.0 Å². The van der Waals surface area contributed by atoms with Crippen molar-refractivity contribution in [2.24, 2.45) is 0 Å². The second-order valence-electron chi connectivity index (χ2n) is 10.2. The molecule has 0 aromatic heterocycles. The minimum absolute atomic E-state index is 0.0341. The van der Waals surface area contributed by atoms with Crippen molar-refractivity contribution in [3.05, 3.63) is 126 Å². The Labute approximate surface area is 267 Å². The first-order chi connectivity index (χ1) is 22.3. The lowest BCUT2D eigenvalue weighted by molar-refractivity contribution is -0.111. The number of amides is 2. The number of nitrogen functional groups attached to an aromatic ring is 1. The first kappa shape index (κ1) is 33.3. The van der Waals surface area contributed by atoms with Crippen LogP contribution in [-0.4, -0.2) is 42.2 Å². The van der Waals surface area contributed by atoms with E-state index in [2.05, 4.69) is 10.6 Å². The molecule has 5 N–H and O–H groups in total. The molecule has 4 rings (SSSR count). The highest BCUT2D eigenvalue weighted by atomic mass is 16.6. The first-order valence-electron chi connectivity index (χ1n) is 14.8. The van der Waals surface area contributed by atoms with Crippen molar-refractivity contribution in [3.63, 3.8) is 0 Å². The Bertz CT molecular complexity index is 1620. The topological polar surface area (TPSA) is 149 Å². The molecule has 10 nitrogen and oxygen atoms in total. The number of aliphatic hydroxyl groups excluding tert-OH is 1. The summed E-state index contributed by atoms with van der Waals surface area (Å²) in [4.78, 5) is 37.5. The molecular formula is C36H37N3O7. The van der Waals surface area contributed by atoms with Crippen LogP contribution in [0.1, 0.15) is 41.8 Å². The van der Waals surface area contributed by atoms with E-state index in [1.165, 1.54) is 13.0 Å². The van der Waals surface area contributed by atoms with Crippen LogP contribution in [0.2, 0.25) is 0 Å². The van der Waals surface area contributed by atoms with Crippen LogP contribution in [-0.2, 0) is 9.53 Å². The molecule has 2 atom stereocenters. The Hall–Kier alpha value is -5.61. The summed E-state index contributed by atoms with van der Waals surface area (Å²) in [5.74, 6) is 0.531. The molecule has 238 valence electrons. The smallest absolute Gasteiger partial charge is 0.412 e. The normalized spacial score (nSPS) is 12.1. The van der Waals surface area contributed by atoms with Crippen LogP contribution >= 0.6 is 0 Å². The molecule has 2 amide bonds. The number of aliphatic hydroxyl groups is 1. The maximum absolute atomic E-state index is 13.3. The average Bonchev–Trinajstić information content (AvgIpc) is 3.06. The van der Waals surface area contributed by atoms with E-state index in [0.29, 0.717) is 52.5 Å². The fourth-order valence-electron chi connectivity index (χ4n) is 4.58. The zero-order valence-corrected chi connectivity index (χ0v) is 25.4.